The maximum absolute atomic E-state index is 5.87. The van der Waals surface area contributed by atoms with E-state index in [9.17, 15) is 0 Å². The maximum atomic E-state index is 5.87. The molecule has 120 valence electrons. The fourth-order valence-corrected chi connectivity index (χ4v) is 2.91. The number of ether oxygens (including phenoxy) is 1. The van der Waals surface area contributed by atoms with Crippen LogP contribution in [0.2, 0.25) is 0 Å². The maximum Gasteiger partial charge on any atom is 0.118 e. The Hall–Kier alpha value is -0.840. The van der Waals surface area contributed by atoms with Gasteiger partial charge in [0.2, 0.25) is 0 Å². The fraction of sp³-hybridized carbons (Fsp3) is 0.765. The number of methoxy groups -OCH3 is 1. The van der Waals surface area contributed by atoms with Crippen molar-refractivity contribution in [3.63, 3.8) is 0 Å². The van der Waals surface area contributed by atoms with Crippen LogP contribution >= 0.6 is 0 Å². The molecule has 1 fully saturated rings. The standard InChI is InChI=1S/C17H30N2O2/c1-13(2)9-18-10-17-8-15(14(3)21-17)11-19-7-5-6-16(12-19)20-4/h8,13,16,18H,5-7,9-12H2,1-4H3. The largest absolute Gasteiger partial charge is 0.465 e. The van der Waals surface area contributed by atoms with Gasteiger partial charge in [0, 0.05) is 25.8 Å². The van der Waals surface area contributed by atoms with Crippen molar-refractivity contribution in [2.75, 3.05) is 26.7 Å². The first-order chi connectivity index (χ1) is 10.1. The van der Waals surface area contributed by atoms with Crippen molar-refractivity contribution in [1.82, 2.24) is 10.2 Å². The van der Waals surface area contributed by atoms with Crippen molar-refractivity contribution in [1.29, 1.82) is 0 Å². The number of furan rings is 1. The highest BCUT2D eigenvalue weighted by molar-refractivity contribution is 5.20. The first-order valence-corrected chi connectivity index (χ1v) is 8.12. The van der Waals surface area contributed by atoms with E-state index in [1.165, 1.54) is 18.4 Å². The first kappa shape index (κ1) is 16.5. The van der Waals surface area contributed by atoms with E-state index >= 15 is 0 Å². The molecule has 2 heterocycles. The van der Waals surface area contributed by atoms with Crippen molar-refractivity contribution in [3.8, 4) is 0 Å². The molecular weight excluding hydrogens is 264 g/mol. The monoisotopic (exact) mass is 294 g/mol. The highest BCUT2D eigenvalue weighted by Gasteiger charge is 2.20. The number of hydrogen-bond donors (Lipinski definition) is 1. The third-order valence-corrected chi connectivity index (χ3v) is 4.11. The molecule has 21 heavy (non-hydrogen) atoms. The average molecular weight is 294 g/mol. The summed E-state index contributed by atoms with van der Waals surface area (Å²) in [5, 5.41) is 3.43. The number of likely N-dealkylation sites (tertiary alicyclic amines) is 1. The number of hydrogen-bond acceptors (Lipinski definition) is 4. The Balaban J connectivity index is 1.86. The lowest BCUT2D eigenvalue weighted by molar-refractivity contribution is 0.0284. The molecule has 0 amide bonds. The van der Waals surface area contributed by atoms with Crippen LogP contribution < -0.4 is 5.32 Å². The summed E-state index contributed by atoms with van der Waals surface area (Å²) in [7, 11) is 1.82. The van der Waals surface area contributed by atoms with Crippen molar-refractivity contribution in [3.05, 3.63) is 23.2 Å². The predicted octanol–water partition coefficient (Wildman–Crippen LogP) is 2.94. The topological polar surface area (TPSA) is 37.6 Å². The third-order valence-electron chi connectivity index (χ3n) is 4.11. The molecule has 4 nitrogen and oxygen atoms in total. The average Bonchev–Trinajstić information content (AvgIpc) is 2.79. The number of piperidine rings is 1. The van der Waals surface area contributed by atoms with Crippen LogP contribution in [0.3, 0.4) is 0 Å². The highest BCUT2D eigenvalue weighted by atomic mass is 16.5. The Bertz CT molecular complexity index is 428. The second kappa shape index (κ2) is 7.97. The second-order valence-electron chi connectivity index (χ2n) is 6.55. The minimum atomic E-state index is 0.387. The summed E-state index contributed by atoms with van der Waals surface area (Å²) in [6.45, 7) is 11.5. The van der Waals surface area contributed by atoms with Crippen LogP contribution in [0, 0.1) is 12.8 Å². The van der Waals surface area contributed by atoms with Crippen LogP contribution in [0.15, 0.2) is 10.5 Å². The SMILES string of the molecule is COC1CCCN(Cc2cc(CNCC(C)C)oc2C)C1. The molecule has 0 aliphatic carbocycles. The van der Waals surface area contributed by atoms with E-state index in [-0.39, 0.29) is 0 Å². The highest BCUT2D eigenvalue weighted by Crippen LogP contribution is 2.20. The van der Waals surface area contributed by atoms with Crippen LogP contribution in [-0.2, 0) is 17.8 Å². The lowest BCUT2D eigenvalue weighted by atomic mass is 10.1. The van der Waals surface area contributed by atoms with Gasteiger partial charge in [0.25, 0.3) is 0 Å². The number of nitrogens with one attached hydrogen (secondary N) is 1. The summed E-state index contributed by atoms with van der Waals surface area (Å²) in [4.78, 5) is 2.47. The van der Waals surface area contributed by atoms with Crippen molar-refractivity contribution >= 4 is 0 Å². The molecular formula is C17H30N2O2. The van der Waals surface area contributed by atoms with Gasteiger partial charge in [-0.15, -0.1) is 0 Å². The Morgan fingerprint density at radius 1 is 1.48 bits per heavy atom. The van der Waals surface area contributed by atoms with Gasteiger partial charge in [0.15, 0.2) is 0 Å². The van der Waals surface area contributed by atoms with Gasteiger partial charge in [0.1, 0.15) is 11.5 Å². The summed E-state index contributed by atoms with van der Waals surface area (Å²) in [5.74, 6) is 2.76. The molecule has 1 aromatic rings. The second-order valence-corrected chi connectivity index (χ2v) is 6.55. The van der Waals surface area contributed by atoms with Gasteiger partial charge in [0.05, 0.1) is 12.6 Å². The molecule has 2 rings (SSSR count). The molecule has 1 aromatic heterocycles. The molecule has 0 aromatic carbocycles. The van der Waals surface area contributed by atoms with E-state index in [2.05, 4.69) is 37.1 Å². The zero-order chi connectivity index (χ0) is 15.2. The number of rotatable bonds is 7. The molecule has 1 saturated heterocycles. The molecule has 1 unspecified atom stereocenters. The van der Waals surface area contributed by atoms with Gasteiger partial charge in [-0.25, -0.2) is 0 Å². The van der Waals surface area contributed by atoms with Crippen LogP contribution in [0.1, 0.15) is 43.8 Å². The third kappa shape index (κ3) is 5.13. The molecule has 0 saturated carbocycles. The Morgan fingerprint density at radius 3 is 3.00 bits per heavy atom. The van der Waals surface area contributed by atoms with Gasteiger partial charge < -0.3 is 14.5 Å². The minimum absolute atomic E-state index is 0.387. The quantitative estimate of drug-likeness (QED) is 0.839. The summed E-state index contributed by atoms with van der Waals surface area (Å²) in [6, 6.07) is 2.21. The first-order valence-electron chi connectivity index (χ1n) is 8.12. The molecule has 1 aliphatic heterocycles. The van der Waals surface area contributed by atoms with E-state index in [4.69, 9.17) is 9.15 Å². The van der Waals surface area contributed by atoms with Gasteiger partial charge >= 0.3 is 0 Å². The molecule has 1 atom stereocenters. The summed E-state index contributed by atoms with van der Waals surface area (Å²) in [5.41, 5.74) is 1.31. The summed E-state index contributed by atoms with van der Waals surface area (Å²) < 4.78 is 11.4. The van der Waals surface area contributed by atoms with Gasteiger partial charge in [-0.05, 0) is 44.8 Å². The van der Waals surface area contributed by atoms with Crippen molar-refractivity contribution in [2.24, 2.45) is 5.92 Å². The van der Waals surface area contributed by atoms with E-state index < -0.39 is 0 Å². The lowest BCUT2D eigenvalue weighted by Crippen LogP contribution is -2.38. The molecule has 0 bridgehead atoms. The van der Waals surface area contributed by atoms with E-state index in [1.54, 1.807) is 0 Å². The Morgan fingerprint density at radius 2 is 2.29 bits per heavy atom. The molecule has 4 heteroatoms. The van der Waals surface area contributed by atoms with E-state index in [1.807, 2.05) is 7.11 Å². The zero-order valence-corrected chi connectivity index (χ0v) is 13.9. The van der Waals surface area contributed by atoms with Crippen LogP contribution in [-0.4, -0.2) is 37.7 Å². The Labute approximate surface area is 128 Å². The summed E-state index contributed by atoms with van der Waals surface area (Å²) in [6.07, 6.45) is 2.79. The molecule has 1 N–H and O–H groups in total. The molecule has 0 spiro atoms. The smallest absolute Gasteiger partial charge is 0.118 e. The van der Waals surface area contributed by atoms with Gasteiger partial charge in [-0.1, -0.05) is 13.8 Å². The number of nitrogens with zero attached hydrogens (tertiary/aromatic N) is 1. The lowest BCUT2D eigenvalue weighted by Gasteiger charge is -2.31. The van der Waals surface area contributed by atoms with Crippen LogP contribution in [0.5, 0.6) is 0 Å². The van der Waals surface area contributed by atoms with Gasteiger partial charge in [-0.3, -0.25) is 4.90 Å². The van der Waals surface area contributed by atoms with Crippen LogP contribution in [0.25, 0.3) is 0 Å². The van der Waals surface area contributed by atoms with E-state index in [0.717, 1.165) is 44.2 Å². The van der Waals surface area contributed by atoms with Crippen molar-refractivity contribution in [2.45, 2.75) is 52.8 Å². The van der Waals surface area contributed by atoms with E-state index in [0.29, 0.717) is 12.0 Å². The number of aryl methyl sites for hydroxylation is 1. The zero-order valence-electron chi connectivity index (χ0n) is 13.9. The summed E-state index contributed by atoms with van der Waals surface area (Å²) >= 11 is 0. The predicted molar refractivity (Wildman–Crippen MR) is 85.3 cm³/mol. The Kier molecular flexibility index (Phi) is 6.27. The minimum Gasteiger partial charge on any atom is -0.465 e. The van der Waals surface area contributed by atoms with Crippen molar-refractivity contribution < 1.29 is 9.15 Å². The van der Waals surface area contributed by atoms with Gasteiger partial charge in [-0.2, -0.15) is 0 Å². The normalized spacial score (nSPS) is 20.3. The molecule has 1 aliphatic rings. The van der Waals surface area contributed by atoms with Crippen LogP contribution in [0.4, 0.5) is 0 Å². The fourth-order valence-electron chi connectivity index (χ4n) is 2.91. The molecule has 0 radical (unpaired) electrons.